The minimum Gasteiger partial charge on any atom is -0.397 e. The molecule has 1 aliphatic rings. The Kier molecular flexibility index (Phi) is 3.61. The molecular weight excluding hydrogens is 283 g/mol. The molecule has 0 bridgehead atoms. The molecule has 94 valence electrons. The van der Waals surface area contributed by atoms with Gasteiger partial charge in [0, 0.05) is 19.2 Å². The first kappa shape index (κ1) is 12.7. The van der Waals surface area contributed by atoms with Crippen LogP contribution in [0.3, 0.4) is 0 Å². The first-order chi connectivity index (χ1) is 7.99. The van der Waals surface area contributed by atoms with Crippen molar-refractivity contribution >= 4 is 27.3 Å². The molecule has 1 aromatic carbocycles. The van der Waals surface area contributed by atoms with Gasteiger partial charge in [-0.25, -0.2) is 4.39 Å². The lowest BCUT2D eigenvalue weighted by Crippen LogP contribution is -2.22. The van der Waals surface area contributed by atoms with Crippen LogP contribution in [-0.4, -0.2) is 13.1 Å². The molecule has 2 rings (SSSR count). The number of hydrogen-bond acceptors (Lipinski definition) is 2. The minimum atomic E-state index is -0.248. The second kappa shape index (κ2) is 4.84. The van der Waals surface area contributed by atoms with Crippen molar-refractivity contribution in [3.8, 4) is 0 Å². The number of nitrogen functional groups attached to an aromatic ring is 1. The number of benzene rings is 1. The first-order valence-corrected chi connectivity index (χ1v) is 6.77. The van der Waals surface area contributed by atoms with Gasteiger partial charge in [-0.15, -0.1) is 0 Å². The van der Waals surface area contributed by atoms with Crippen molar-refractivity contribution < 1.29 is 4.39 Å². The standard InChI is InChI=1S/C13H18BrFN2/c1-8(2)9-3-4-17(7-9)13-6-11(15)10(14)5-12(13)16/h5-6,8-9H,3-4,7,16H2,1-2H3. The van der Waals surface area contributed by atoms with Crippen LogP contribution in [0.25, 0.3) is 0 Å². The molecule has 1 atom stereocenters. The smallest absolute Gasteiger partial charge is 0.139 e. The minimum absolute atomic E-state index is 0.248. The molecule has 0 saturated carbocycles. The summed E-state index contributed by atoms with van der Waals surface area (Å²) >= 11 is 3.15. The fraction of sp³-hybridized carbons (Fsp3) is 0.538. The summed E-state index contributed by atoms with van der Waals surface area (Å²) in [7, 11) is 0. The number of nitrogens with zero attached hydrogens (tertiary/aromatic N) is 1. The van der Waals surface area contributed by atoms with Gasteiger partial charge in [-0.05, 0) is 40.3 Å². The van der Waals surface area contributed by atoms with Crippen molar-refractivity contribution in [2.24, 2.45) is 11.8 Å². The first-order valence-electron chi connectivity index (χ1n) is 5.98. The molecule has 0 aromatic heterocycles. The molecule has 1 aromatic rings. The molecule has 2 nitrogen and oxygen atoms in total. The van der Waals surface area contributed by atoms with E-state index in [0.29, 0.717) is 22.0 Å². The van der Waals surface area contributed by atoms with E-state index in [1.54, 1.807) is 6.07 Å². The summed E-state index contributed by atoms with van der Waals surface area (Å²) in [5, 5.41) is 0. The van der Waals surface area contributed by atoms with Crippen LogP contribution in [0.2, 0.25) is 0 Å². The van der Waals surface area contributed by atoms with Crippen molar-refractivity contribution in [1.82, 2.24) is 0 Å². The Morgan fingerprint density at radius 2 is 2.18 bits per heavy atom. The summed E-state index contributed by atoms with van der Waals surface area (Å²) in [4.78, 5) is 2.19. The summed E-state index contributed by atoms with van der Waals surface area (Å²) in [5.74, 6) is 1.10. The molecule has 0 amide bonds. The Morgan fingerprint density at radius 1 is 1.47 bits per heavy atom. The zero-order chi connectivity index (χ0) is 12.6. The van der Waals surface area contributed by atoms with Crippen LogP contribution in [-0.2, 0) is 0 Å². The number of rotatable bonds is 2. The van der Waals surface area contributed by atoms with Crippen molar-refractivity contribution in [3.05, 3.63) is 22.4 Å². The quantitative estimate of drug-likeness (QED) is 0.845. The van der Waals surface area contributed by atoms with Crippen molar-refractivity contribution in [3.63, 3.8) is 0 Å². The average Bonchev–Trinajstić information content (AvgIpc) is 2.72. The Balaban J connectivity index is 2.22. The third-order valence-electron chi connectivity index (χ3n) is 3.58. The van der Waals surface area contributed by atoms with E-state index in [4.69, 9.17) is 5.73 Å². The highest BCUT2D eigenvalue weighted by Crippen LogP contribution is 2.34. The molecule has 0 aliphatic carbocycles. The lowest BCUT2D eigenvalue weighted by atomic mass is 9.95. The van der Waals surface area contributed by atoms with Crippen LogP contribution in [0.5, 0.6) is 0 Å². The van der Waals surface area contributed by atoms with E-state index < -0.39 is 0 Å². The largest absolute Gasteiger partial charge is 0.397 e. The Morgan fingerprint density at radius 3 is 2.76 bits per heavy atom. The summed E-state index contributed by atoms with van der Waals surface area (Å²) in [5.41, 5.74) is 7.42. The molecule has 1 heterocycles. The summed E-state index contributed by atoms with van der Waals surface area (Å²) in [6, 6.07) is 3.18. The van der Waals surface area contributed by atoms with E-state index in [-0.39, 0.29) is 5.82 Å². The van der Waals surface area contributed by atoms with Crippen LogP contribution >= 0.6 is 15.9 Å². The highest BCUT2D eigenvalue weighted by atomic mass is 79.9. The second-order valence-electron chi connectivity index (χ2n) is 5.06. The predicted octanol–water partition coefficient (Wildman–Crippen LogP) is 3.65. The van der Waals surface area contributed by atoms with E-state index in [1.807, 2.05) is 0 Å². The molecule has 1 saturated heterocycles. The highest BCUT2D eigenvalue weighted by molar-refractivity contribution is 9.10. The van der Waals surface area contributed by atoms with Crippen molar-refractivity contribution in [2.75, 3.05) is 23.7 Å². The SMILES string of the molecule is CC(C)C1CCN(c2cc(F)c(Br)cc2N)C1. The molecule has 1 aliphatic heterocycles. The van der Waals surface area contributed by atoms with Gasteiger partial charge >= 0.3 is 0 Å². The summed E-state index contributed by atoms with van der Waals surface area (Å²) in [6.45, 7) is 6.41. The lowest BCUT2D eigenvalue weighted by molar-refractivity contribution is 0.423. The third kappa shape index (κ3) is 2.57. The number of halogens is 2. The van der Waals surface area contributed by atoms with Gasteiger partial charge in [-0.2, -0.15) is 0 Å². The Bertz CT molecular complexity index is 420. The van der Waals surface area contributed by atoms with Gasteiger partial charge in [-0.3, -0.25) is 0 Å². The topological polar surface area (TPSA) is 29.3 Å². The second-order valence-corrected chi connectivity index (χ2v) is 5.92. The van der Waals surface area contributed by atoms with Gasteiger partial charge in [0.2, 0.25) is 0 Å². The number of anilines is 2. The Labute approximate surface area is 110 Å². The van der Waals surface area contributed by atoms with Crippen LogP contribution in [0, 0.1) is 17.7 Å². The van der Waals surface area contributed by atoms with Gasteiger partial charge in [-0.1, -0.05) is 13.8 Å². The van der Waals surface area contributed by atoms with E-state index in [9.17, 15) is 4.39 Å². The third-order valence-corrected chi connectivity index (χ3v) is 4.19. The number of hydrogen-bond donors (Lipinski definition) is 1. The van der Waals surface area contributed by atoms with Gasteiger partial charge in [0.25, 0.3) is 0 Å². The fourth-order valence-electron chi connectivity index (χ4n) is 2.38. The average molecular weight is 301 g/mol. The van der Waals surface area contributed by atoms with Crippen LogP contribution in [0.1, 0.15) is 20.3 Å². The maximum absolute atomic E-state index is 13.5. The van der Waals surface area contributed by atoms with E-state index in [1.165, 1.54) is 6.07 Å². The van der Waals surface area contributed by atoms with Crippen molar-refractivity contribution in [2.45, 2.75) is 20.3 Å². The lowest BCUT2D eigenvalue weighted by Gasteiger charge is -2.22. The van der Waals surface area contributed by atoms with E-state index in [0.717, 1.165) is 25.2 Å². The molecule has 1 fully saturated rings. The fourth-order valence-corrected chi connectivity index (χ4v) is 2.74. The predicted molar refractivity (Wildman–Crippen MR) is 73.7 cm³/mol. The van der Waals surface area contributed by atoms with Gasteiger partial charge in [0.05, 0.1) is 15.8 Å². The molecule has 17 heavy (non-hydrogen) atoms. The monoisotopic (exact) mass is 300 g/mol. The van der Waals surface area contributed by atoms with Gasteiger partial charge in [0.1, 0.15) is 5.82 Å². The maximum Gasteiger partial charge on any atom is 0.139 e. The van der Waals surface area contributed by atoms with E-state index >= 15 is 0 Å². The van der Waals surface area contributed by atoms with Gasteiger partial charge in [0.15, 0.2) is 0 Å². The zero-order valence-corrected chi connectivity index (χ0v) is 11.8. The zero-order valence-electron chi connectivity index (χ0n) is 10.2. The molecule has 1 unspecified atom stereocenters. The van der Waals surface area contributed by atoms with Crippen molar-refractivity contribution in [1.29, 1.82) is 0 Å². The molecule has 2 N–H and O–H groups in total. The molecule has 4 heteroatoms. The van der Waals surface area contributed by atoms with Crippen LogP contribution < -0.4 is 10.6 Å². The maximum atomic E-state index is 13.5. The number of nitrogens with two attached hydrogens (primary N) is 1. The summed E-state index contributed by atoms with van der Waals surface area (Å²) < 4.78 is 14.0. The Hall–Kier alpha value is -0.770. The van der Waals surface area contributed by atoms with Crippen LogP contribution in [0.4, 0.5) is 15.8 Å². The molecular formula is C13H18BrFN2. The highest BCUT2D eigenvalue weighted by Gasteiger charge is 2.26. The van der Waals surface area contributed by atoms with E-state index in [2.05, 4.69) is 34.7 Å². The van der Waals surface area contributed by atoms with Gasteiger partial charge < -0.3 is 10.6 Å². The normalized spacial score (nSPS) is 20.3. The molecule has 0 spiro atoms. The molecule has 0 radical (unpaired) electrons. The summed E-state index contributed by atoms with van der Waals surface area (Å²) in [6.07, 6.45) is 1.16. The van der Waals surface area contributed by atoms with Crippen LogP contribution in [0.15, 0.2) is 16.6 Å².